The predicted molar refractivity (Wildman–Crippen MR) is 59.3 cm³/mol. The van der Waals surface area contributed by atoms with Gasteiger partial charge in [-0.25, -0.2) is 4.72 Å². The Labute approximate surface area is 99.8 Å². The first-order valence-electron chi connectivity index (χ1n) is 5.13. The average Bonchev–Trinajstić information content (AvgIpc) is 2.78. The zero-order valence-corrected chi connectivity index (χ0v) is 10.4. The predicted octanol–water partition coefficient (Wildman–Crippen LogP) is -1.24. The van der Waals surface area contributed by atoms with Crippen LogP contribution in [0.5, 0.6) is 0 Å². The van der Waals surface area contributed by atoms with Gasteiger partial charge < -0.3 is 9.63 Å². The summed E-state index contributed by atoms with van der Waals surface area (Å²) in [5.41, 5.74) is 0. The van der Waals surface area contributed by atoms with Crippen LogP contribution in [0, 0.1) is 0 Å². The maximum Gasteiger partial charge on any atom is 0.279 e. The Kier molecular flexibility index (Phi) is 5.48. The van der Waals surface area contributed by atoms with Crippen LogP contribution in [0.2, 0.25) is 0 Å². The van der Waals surface area contributed by atoms with Gasteiger partial charge in [0.1, 0.15) is 0 Å². The molecule has 1 aromatic heterocycles. The number of aromatic nitrogens is 2. The van der Waals surface area contributed by atoms with Gasteiger partial charge in [0, 0.05) is 33.2 Å². The van der Waals surface area contributed by atoms with Crippen molar-refractivity contribution in [3.63, 3.8) is 0 Å². The summed E-state index contributed by atoms with van der Waals surface area (Å²) < 4.78 is 31.3. The highest BCUT2D eigenvalue weighted by Gasteiger charge is 2.16. The lowest BCUT2D eigenvalue weighted by Gasteiger charge is -2.16. The minimum atomic E-state index is -3.50. The number of hydrogen-bond acceptors (Lipinski definition) is 6. The molecule has 0 saturated heterocycles. The molecule has 0 aliphatic carbocycles. The lowest BCUT2D eigenvalue weighted by Crippen LogP contribution is -2.39. The van der Waals surface area contributed by atoms with E-state index < -0.39 is 10.2 Å². The van der Waals surface area contributed by atoms with E-state index >= 15 is 0 Å². The zero-order valence-electron chi connectivity index (χ0n) is 9.53. The van der Waals surface area contributed by atoms with Crippen LogP contribution in [0.3, 0.4) is 0 Å². The van der Waals surface area contributed by atoms with Crippen molar-refractivity contribution < 1.29 is 18.0 Å². The van der Waals surface area contributed by atoms with Crippen molar-refractivity contribution in [2.24, 2.45) is 0 Å². The second-order valence-corrected chi connectivity index (χ2v) is 5.26. The quantitative estimate of drug-likeness (QED) is 0.608. The maximum atomic E-state index is 11.6. The molecule has 0 saturated carbocycles. The minimum absolute atomic E-state index is 0.0390. The van der Waals surface area contributed by atoms with Crippen molar-refractivity contribution in [3.05, 3.63) is 12.2 Å². The lowest BCUT2D eigenvalue weighted by atomic mass is 10.4. The van der Waals surface area contributed by atoms with Crippen LogP contribution in [0.15, 0.2) is 10.9 Å². The minimum Gasteiger partial charge on any atom is -0.396 e. The molecule has 0 radical (unpaired) electrons. The van der Waals surface area contributed by atoms with Gasteiger partial charge in [0.25, 0.3) is 10.2 Å². The molecule has 0 aliphatic heterocycles. The van der Waals surface area contributed by atoms with Crippen molar-refractivity contribution in [1.82, 2.24) is 19.2 Å². The summed E-state index contributed by atoms with van der Waals surface area (Å²) in [6, 6.07) is 0. The fraction of sp³-hybridized carbons (Fsp3) is 0.750. The molecule has 9 heteroatoms. The van der Waals surface area contributed by atoms with E-state index in [1.165, 1.54) is 13.4 Å². The van der Waals surface area contributed by atoms with Crippen LogP contribution in [-0.2, 0) is 16.6 Å². The van der Waals surface area contributed by atoms with E-state index in [2.05, 4.69) is 19.4 Å². The third kappa shape index (κ3) is 4.77. The largest absolute Gasteiger partial charge is 0.396 e. The van der Waals surface area contributed by atoms with Crippen LogP contribution >= 0.6 is 0 Å². The van der Waals surface area contributed by atoms with Gasteiger partial charge in [0.05, 0.1) is 0 Å². The van der Waals surface area contributed by atoms with Crippen molar-refractivity contribution >= 4 is 10.2 Å². The number of aliphatic hydroxyl groups excluding tert-OH is 1. The molecule has 0 unspecified atom stereocenters. The monoisotopic (exact) mass is 264 g/mol. The van der Waals surface area contributed by atoms with Gasteiger partial charge in [-0.2, -0.15) is 17.7 Å². The second-order valence-electron chi connectivity index (χ2n) is 3.40. The number of aliphatic hydroxyl groups is 1. The summed E-state index contributed by atoms with van der Waals surface area (Å²) in [4.78, 5) is 3.77. The highest BCUT2D eigenvalue weighted by atomic mass is 32.2. The Morgan fingerprint density at radius 3 is 2.94 bits per heavy atom. The van der Waals surface area contributed by atoms with Crippen LogP contribution in [0.1, 0.15) is 12.2 Å². The molecular weight excluding hydrogens is 248 g/mol. The highest BCUT2D eigenvalue weighted by molar-refractivity contribution is 7.87. The molecule has 1 rings (SSSR count). The summed E-state index contributed by atoms with van der Waals surface area (Å²) >= 11 is 0. The first-order chi connectivity index (χ1) is 8.06. The molecule has 17 heavy (non-hydrogen) atoms. The summed E-state index contributed by atoms with van der Waals surface area (Å²) in [6.45, 7) is 0.433. The fourth-order valence-corrected chi connectivity index (χ4v) is 2.07. The van der Waals surface area contributed by atoms with Gasteiger partial charge >= 0.3 is 0 Å². The van der Waals surface area contributed by atoms with Crippen molar-refractivity contribution in [2.45, 2.75) is 12.8 Å². The van der Waals surface area contributed by atoms with E-state index in [4.69, 9.17) is 5.11 Å². The maximum absolute atomic E-state index is 11.6. The molecule has 0 atom stereocenters. The molecule has 0 fully saturated rings. The number of nitrogens with one attached hydrogen (secondary N) is 1. The van der Waals surface area contributed by atoms with E-state index in [0.717, 1.165) is 4.31 Å². The van der Waals surface area contributed by atoms with Gasteiger partial charge in [0.15, 0.2) is 5.82 Å². The first kappa shape index (κ1) is 14.0. The molecule has 0 spiro atoms. The van der Waals surface area contributed by atoms with E-state index in [1.807, 2.05) is 0 Å². The molecular formula is C8H16N4O4S. The molecule has 1 aromatic rings. The summed E-state index contributed by atoms with van der Waals surface area (Å²) in [7, 11) is -2.05. The topological polar surface area (TPSA) is 109 Å². The van der Waals surface area contributed by atoms with Crippen molar-refractivity contribution in [1.29, 1.82) is 0 Å². The van der Waals surface area contributed by atoms with E-state index in [1.54, 1.807) is 0 Å². The van der Waals surface area contributed by atoms with Crippen molar-refractivity contribution in [2.75, 3.05) is 26.7 Å². The van der Waals surface area contributed by atoms with Crippen molar-refractivity contribution in [3.8, 4) is 0 Å². The van der Waals surface area contributed by atoms with E-state index in [-0.39, 0.29) is 19.7 Å². The van der Waals surface area contributed by atoms with E-state index in [0.29, 0.717) is 18.7 Å². The Balaban J connectivity index is 2.33. The van der Waals surface area contributed by atoms with Crippen LogP contribution in [-0.4, -0.2) is 54.7 Å². The van der Waals surface area contributed by atoms with Gasteiger partial charge in [0.2, 0.25) is 6.39 Å². The number of rotatable bonds is 8. The highest BCUT2D eigenvalue weighted by Crippen LogP contribution is 1.96. The standard InChI is InChI=1S/C8H16N4O4S/c1-12(5-2-6-13)17(14,15)10-4-3-8-9-7-16-11-8/h7,10,13H,2-6H2,1H3. The van der Waals surface area contributed by atoms with Crippen LogP contribution < -0.4 is 4.72 Å². The molecule has 2 N–H and O–H groups in total. The Hall–Kier alpha value is -1.03. The van der Waals surface area contributed by atoms with Gasteiger partial charge in [-0.3, -0.25) is 0 Å². The number of nitrogens with zero attached hydrogens (tertiary/aromatic N) is 3. The number of hydrogen-bond donors (Lipinski definition) is 2. The summed E-state index contributed by atoms with van der Waals surface area (Å²) in [6.07, 6.45) is 1.96. The van der Waals surface area contributed by atoms with E-state index in [9.17, 15) is 8.42 Å². The molecule has 8 nitrogen and oxygen atoms in total. The smallest absolute Gasteiger partial charge is 0.279 e. The lowest BCUT2D eigenvalue weighted by molar-refractivity contribution is 0.275. The third-order valence-electron chi connectivity index (χ3n) is 2.08. The summed E-state index contributed by atoms with van der Waals surface area (Å²) in [5.74, 6) is 0.450. The molecule has 98 valence electrons. The molecule has 1 heterocycles. The zero-order chi connectivity index (χ0) is 12.7. The molecule has 0 aliphatic rings. The Morgan fingerprint density at radius 1 is 1.59 bits per heavy atom. The SMILES string of the molecule is CN(CCCO)S(=O)(=O)NCCc1ncon1. The Bertz CT molecular complexity index is 405. The Morgan fingerprint density at radius 2 is 2.35 bits per heavy atom. The fourth-order valence-electron chi connectivity index (χ4n) is 1.12. The molecule has 0 aromatic carbocycles. The second kappa shape index (κ2) is 6.64. The summed E-state index contributed by atoms with van der Waals surface area (Å²) in [5, 5.41) is 12.2. The first-order valence-corrected chi connectivity index (χ1v) is 6.57. The van der Waals surface area contributed by atoms with Gasteiger partial charge in [-0.1, -0.05) is 5.16 Å². The molecule has 0 bridgehead atoms. The van der Waals surface area contributed by atoms with Crippen LogP contribution in [0.4, 0.5) is 0 Å². The van der Waals surface area contributed by atoms with Gasteiger partial charge in [-0.05, 0) is 6.42 Å². The average molecular weight is 264 g/mol. The third-order valence-corrected chi connectivity index (χ3v) is 3.65. The normalized spacial score (nSPS) is 12.2. The van der Waals surface area contributed by atoms with Crippen LogP contribution in [0.25, 0.3) is 0 Å². The van der Waals surface area contributed by atoms with Gasteiger partial charge in [-0.15, -0.1) is 0 Å². The molecule has 0 amide bonds.